The molecule has 70 valence electrons. The maximum atomic E-state index is 13.0. The molecule has 0 saturated heterocycles. The van der Waals surface area contributed by atoms with Crippen LogP contribution < -0.4 is 5.73 Å². The summed E-state index contributed by atoms with van der Waals surface area (Å²) in [6.45, 7) is 3.32. The van der Waals surface area contributed by atoms with E-state index in [1.807, 2.05) is 0 Å². The fourth-order valence-corrected chi connectivity index (χ4v) is 1.01. The van der Waals surface area contributed by atoms with Crippen LogP contribution in [0, 0.1) is 11.6 Å². The van der Waals surface area contributed by atoms with Gasteiger partial charge in [0.25, 0.3) is 0 Å². The lowest BCUT2D eigenvalue weighted by atomic mass is 10.1. The van der Waals surface area contributed by atoms with Gasteiger partial charge in [-0.25, -0.2) is 8.78 Å². The zero-order chi connectivity index (χ0) is 10.0. The summed E-state index contributed by atoms with van der Waals surface area (Å²) in [6.07, 6.45) is 1.22. The van der Waals surface area contributed by atoms with E-state index >= 15 is 0 Å². The van der Waals surface area contributed by atoms with Crippen LogP contribution >= 0.6 is 0 Å². The Morgan fingerprint density at radius 3 is 2.23 bits per heavy atom. The third-order valence-electron chi connectivity index (χ3n) is 1.65. The average molecular weight is 185 g/mol. The van der Waals surface area contributed by atoms with Crippen molar-refractivity contribution in [2.75, 3.05) is 0 Å². The lowest BCUT2D eigenvalue weighted by Crippen LogP contribution is -2.11. The molecule has 0 aliphatic rings. The minimum Gasteiger partial charge on any atom is -0.508 e. The molecule has 0 amide bonds. The molecule has 0 aromatic heterocycles. The van der Waals surface area contributed by atoms with Gasteiger partial charge >= 0.3 is 0 Å². The fourth-order valence-electron chi connectivity index (χ4n) is 1.01. The van der Waals surface area contributed by atoms with Crippen LogP contribution in [0.25, 0.3) is 0 Å². The Balaban J connectivity index is 3.28. The minimum atomic E-state index is -0.902. The number of phenols is 1. The first kappa shape index (κ1) is 9.67. The lowest BCUT2D eigenvalue weighted by Gasteiger charge is -2.09. The smallest absolute Gasteiger partial charge is 0.134 e. The first-order valence-electron chi connectivity index (χ1n) is 3.62. The summed E-state index contributed by atoms with van der Waals surface area (Å²) < 4.78 is 26.0. The predicted octanol–water partition coefficient (Wildman–Crippen LogP) is 1.86. The molecule has 1 aromatic rings. The van der Waals surface area contributed by atoms with Gasteiger partial charge < -0.3 is 10.8 Å². The van der Waals surface area contributed by atoms with E-state index in [0.717, 1.165) is 12.1 Å². The quantitative estimate of drug-likeness (QED) is 0.691. The molecule has 3 N–H and O–H groups in total. The highest BCUT2D eigenvalue weighted by Gasteiger charge is 2.15. The Hall–Kier alpha value is -1.42. The Morgan fingerprint density at radius 1 is 1.38 bits per heavy atom. The van der Waals surface area contributed by atoms with Crippen LogP contribution in [0.3, 0.4) is 0 Å². The predicted molar refractivity (Wildman–Crippen MR) is 45.1 cm³/mol. The summed E-state index contributed by atoms with van der Waals surface area (Å²) in [5.41, 5.74) is 5.08. The molecule has 0 saturated carbocycles. The van der Waals surface area contributed by atoms with Crippen LogP contribution in [0.4, 0.5) is 8.78 Å². The number of phenolic OH excluding ortho intramolecular Hbond substituents is 1. The van der Waals surface area contributed by atoms with E-state index in [2.05, 4.69) is 6.58 Å². The van der Waals surface area contributed by atoms with Gasteiger partial charge in [0.1, 0.15) is 17.4 Å². The van der Waals surface area contributed by atoms with Gasteiger partial charge in [-0.3, -0.25) is 0 Å². The van der Waals surface area contributed by atoms with Crippen molar-refractivity contribution in [3.8, 4) is 5.75 Å². The number of aromatic hydroxyl groups is 1. The largest absolute Gasteiger partial charge is 0.508 e. The van der Waals surface area contributed by atoms with E-state index in [1.54, 1.807) is 0 Å². The Labute approximate surface area is 74.3 Å². The minimum absolute atomic E-state index is 0.284. The first-order chi connectivity index (χ1) is 6.06. The van der Waals surface area contributed by atoms with Crippen LogP contribution in [-0.2, 0) is 0 Å². The van der Waals surface area contributed by atoms with Gasteiger partial charge in [0.2, 0.25) is 0 Å². The summed E-state index contributed by atoms with van der Waals surface area (Å²) in [4.78, 5) is 0. The third-order valence-corrected chi connectivity index (χ3v) is 1.65. The molecular formula is C9H9F2NO. The molecule has 0 aliphatic heterocycles. The zero-order valence-electron chi connectivity index (χ0n) is 6.80. The van der Waals surface area contributed by atoms with E-state index in [1.165, 1.54) is 6.08 Å². The first-order valence-corrected chi connectivity index (χ1v) is 3.62. The summed E-state index contributed by atoms with van der Waals surface area (Å²) in [6, 6.07) is 0.712. The highest BCUT2D eigenvalue weighted by molar-refractivity contribution is 5.32. The van der Waals surface area contributed by atoms with Crippen molar-refractivity contribution in [3.63, 3.8) is 0 Å². The molecule has 0 fully saturated rings. The van der Waals surface area contributed by atoms with Crippen LogP contribution in [0.5, 0.6) is 5.75 Å². The number of hydrogen-bond acceptors (Lipinski definition) is 2. The van der Waals surface area contributed by atoms with Crippen molar-refractivity contribution in [3.05, 3.63) is 42.0 Å². The lowest BCUT2D eigenvalue weighted by molar-refractivity contribution is 0.455. The molecular weight excluding hydrogens is 176 g/mol. The SMILES string of the molecule is C=CC(N)c1c(F)cc(O)cc1F. The van der Waals surface area contributed by atoms with Gasteiger partial charge in [-0.1, -0.05) is 6.08 Å². The highest BCUT2D eigenvalue weighted by Crippen LogP contribution is 2.24. The summed E-state index contributed by atoms with van der Waals surface area (Å²) in [7, 11) is 0. The zero-order valence-corrected chi connectivity index (χ0v) is 6.80. The molecule has 13 heavy (non-hydrogen) atoms. The second-order valence-corrected chi connectivity index (χ2v) is 2.58. The summed E-state index contributed by atoms with van der Waals surface area (Å²) in [5.74, 6) is -2.20. The van der Waals surface area contributed by atoms with Gasteiger partial charge in [-0.15, -0.1) is 6.58 Å². The molecule has 1 atom stereocenters. The van der Waals surface area contributed by atoms with Gasteiger partial charge in [0.05, 0.1) is 6.04 Å². The van der Waals surface area contributed by atoms with Crippen molar-refractivity contribution >= 4 is 0 Å². The fraction of sp³-hybridized carbons (Fsp3) is 0.111. The number of rotatable bonds is 2. The van der Waals surface area contributed by atoms with Crippen molar-refractivity contribution in [1.82, 2.24) is 0 Å². The molecule has 4 heteroatoms. The van der Waals surface area contributed by atoms with Crippen LogP contribution in [0.1, 0.15) is 11.6 Å². The van der Waals surface area contributed by atoms with Gasteiger partial charge in [0, 0.05) is 17.7 Å². The Bertz CT molecular complexity index is 315. The van der Waals surface area contributed by atoms with Gasteiger partial charge in [-0.05, 0) is 0 Å². The van der Waals surface area contributed by atoms with Crippen LogP contribution in [-0.4, -0.2) is 5.11 Å². The van der Waals surface area contributed by atoms with Gasteiger partial charge in [-0.2, -0.15) is 0 Å². The second-order valence-electron chi connectivity index (χ2n) is 2.58. The van der Waals surface area contributed by atoms with Crippen molar-refractivity contribution in [2.24, 2.45) is 5.73 Å². The molecule has 0 radical (unpaired) electrons. The second kappa shape index (κ2) is 3.53. The maximum absolute atomic E-state index is 13.0. The third kappa shape index (κ3) is 1.84. The van der Waals surface area contributed by atoms with E-state index in [4.69, 9.17) is 10.8 Å². The van der Waals surface area contributed by atoms with Crippen LogP contribution in [0.15, 0.2) is 24.8 Å². The molecule has 0 heterocycles. The molecule has 1 unspecified atom stereocenters. The van der Waals surface area contributed by atoms with E-state index < -0.39 is 23.4 Å². The maximum Gasteiger partial charge on any atom is 0.134 e. The molecule has 0 spiro atoms. The number of hydrogen-bond donors (Lipinski definition) is 2. The molecule has 0 aliphatic carbocycles. The van der Waals surface area contributed by atoms with E-state index in [9.17, 15) is 8.78 Å². The Morgan fingerprint density at radius 2 is 1.85 bits per heavy atom. The van der Waals surface area contributed by atoms with E-state index in [-0.39, 0.29) is 5.56 Å². The summed E-state index contributed by atoms with van der Waals surface area (Å²) in [5, 5.41) is 8.83. The van der Waals surface area contributed by atoms with Crippen LogP contribution in [0.2, 0.25) is 0 Å². The van der Waals surface area contributed by atoms with Crippen molar-refractivity contribution in [1.29, 1.82) is 0 Å². The normalized spacial score (nSPS) is 12.5. The highest BCUT2D eigenvalue weighted by atomic mass is 19.1. The molecule has 2 nitrogen and oxygen atoms in total. The number of benzene rings is 1. The molecule has 0 bridgehead atoms. The number of nitrogens with two attached hydrogens (primary N) is 1. The monoisotopic (exact) mass is 185 g/mol. The van der Waals surface area contributed by atoms with Crippen molar-refractivity contribution < 1.29 is 13.9 Å². The Kier molecular flexibility index (Phi) is 2.63. The summed E-state index contributed by atoms with van der Waals surface area (Å²) >= 11 is 0. The topological polar surface area (TPSA) is 46.2 Å². The number of halogens is 2. The standard InChI is InChI=1S/C9H9F2NO/c1-2-8(12)9-6(10)3-5(13)4-7(9)11/h2-4,8,13H,1,12H2. The van der Waals surface area contributed by atoms with E-state index in [0.29, 0.717) is 0 Å². The van der Waals surface area contributed by atoms with Crippen molar-refractivity contribution in [2.45, 2.75) is 6.04 Å². The molecule has 1 aromatic carbocycles. The molecule has 1 rings (SSSR count). The van der Waals surface area contributed by atoms with Gasteiger partial charge in [0.15, 0.2) is 0 Å². The average Bonchev–Trinajstić information content (AvgIpc) is 2.02.